The van der Waals surface area contributed by atoms with Crippen LogP contribution in [0.5, 0.6) is 5.75 Å². The summed E-state index contributed by atoms with van der Waals surface area (Å²) in [6.07, 6.45) is 0.536. The van der Waals surface area contributed by atoms with E-state index in [1.807, 2.05) is 31.2 Å². The van der Waals surface area contributed by atoms with Crippen molar-refractivity contribution in [1.29, 1.82) is 5.26 Å². The second kappa shape index (κ2) is 6.72. The number of hydrogen-bond donors (Lipinski definition) is 0. The number of aryl methyl sites for hydroxylation is 1. The fraction of sp³-hybridized carbons (Fsp3) is 0.235. The van der Waals surface area contributed by atoms with Gasteiger partial charge in [-0.1, -0.05) is 29.8 Å². The third-order valence-electron chi connectivity index (χ3n) is 3.10. The summed E-state index contributed by atoms with van der Waals surface area (Å²) in [5.41, 5.74) is 1.87. The first-order valence-corrected chi connectivity index (χ1v) is 6.53. The minimum atomic E-state index is -0.351. The molecule has 0 aliphatic heterocycles. The smallest absolute Gasteiger partial charge is 0.123 e. The molecule has 2 rings (SSSR count). The van der Waals surface area contributed by atoms with Gasteiger partial charge in [-0.3, -0.25) is 0 Å². The number of nitrogens with zero attached hydrogens (tertiary/aromatic N) is 1. The summed E-state index contributed by atoms with van der Waals surface area (Å²) < 4.78 is 18.7. The van der Waals surface area contributed by atoms with Crippen molar-refractivity contribution in [2.24, 2.45) is 0 Å². The molecule has 1 unspecified atom stereocenters. The highest BCUT2D eigenvalue weighted by Crippen LogP contribution is 2.20. The van der Waals surface area contributed by atoms with Crippen LogP contribution in [0.3, 0.4) is 0 Å². The minimum Gasteiger partial charge on any atom is -0.494 e. The molecule has 0 aliphatic rings. The molecule has 102 valence electrons. The highest BCUT2D eigenvalue weighted by atomic mass is 19.1. The first-order chi connectivity index (χ1) is 9.69. The molecule has 0 bridgehead atoms. The molecule has 2 aromatic carbocycles. The summed E-state index contributed by atoms with van der Waals surface area (Å²) >= 11 is 0. The van der Waals surface area contributed by atoms with Crippen molar-refractivity contribution in [3.05, 3.63) is 65.5 Å². The van der Waals surface area contributed by atoms with Gasteiger partial charge in [0.2, 0.25) is 0 Å². The van der Waals surface area contributed by atoms with E-state index in [0.717, 1.165) is 5.75 Å². The molecule has 0 fully saturated rings. The molecule has 1 atom stereocenters. The standard InChI is InChI=1S/C17H16FNO/c1-13-5-7-17(8-6-13)20-10-9-15(12-19)14-3-2-4-16(18)11-14/h2-8,11,15H,9-10H2,1H3. The maximum absolute atomic E-state index is 13.1. The molecule has 0 aliphatic carbocycles. The number of rotatable bonds is 5. The second-order valence-corrected chi connectivity index (χ2v) is 4.69. The van der Waals surface area contributed by atoms with Gasteiger partial charge in [-0.15, -0.1) is 0 Å². The van der Waals surface area contributed by atoms with Crippen molar-refractivity contribution in [1.82, 2.24) is 0 Å². The Bertz CT molecular complexity index is 601. The molecule has 0 aromatic heterocycles. The summed E-state index contributed by atoms with van der Waals surface area (Å²) in [5.74, 6) is 0.116. The van der Waals surface area contributed by atoms with Crippen LogP contribution in [0.15, 0.2) is 48.5 Å². The van der Waals surface area contributed by atoms with E-state index in [9.17, 15) is 9.65 Å². The zero-order valence-corrected chi connectivity index (χ0v) is 11.3. The third kappa shape index (κ3) is 3.83. The van der Waals surface area contributed by atoms with Gasteiger partial charge in [0, 0.05) is 6.42 Å². The van der Waals surface area contributed by atoms with Gasteiger partial charge in [0.15, 0.2) is 0 Å². The van der Waals surface area contributed by atoms with Gasteiger partial charge < -0.3 is 4.74 Å². The predicted octanol–water partition coefficient (Wildman–Crippen LogP) is 4.21. The number of halogens is 1. The Morgan fingerprint density at radius 2 is 1.95 bits per heavy atom. The van der Waals surface area contributed by atoms with Crippen LogP contribution in [0.1, 0.15) is 23.5 Å². The van der Waals surface area contributed by atoms with E-state index in [0.29, 0.717) is 18.6 Å². The maximum Gasteiger partial charge on any atom is 0.123 e. The Labute approximate surface area is 118 Å². The molecule has 2 nitrogen and oxygen atoms in total. The summed E-state index contributed by atoms with van der Waals surface area (Å²) in [4.78, 5) is 0. The average molecular weight is 269 g/mol. The molecular weight excluding hydrogens is 253 g/mol. The van der Waals surface area contributed by atoms with Gasteiger partial charge >= 0.3 is 0 Å². The molecule has 0 saturated heterocycles. The Morgan fingerprint density at radius 1 is 1.20 bits per heavy atom. The van der Waals surface area contributed by atoms with Crippen LogP contribution < -0.4 is 4.74 Å². The van der Waals surface area contributed by atoms with E-state index >= 15 is 0 Å². The maximum atomic E-state index is 13.1. The fourth-order valence-corrected chi connectivity index (χ4v) is 1.96. The lowest BCUT2D eigenvalue weighted by molar-refractivity contribution is 0.306. The molecule has 20 heavy (non-hydrogen) atoms. The highest BCUT2D eigenvalue weighted by molar-refractivity contribution is 5.27. The summed E-state index contributed by atoms with van der Waals surface area (Å²) in [5, 5.41) is 9.18. The van der Waals surface area contributed by atoms with Crippen molar-refractivity contribution in [2.45, 2.75) is 19.3 Å². The SMILES string of the molecule is Cc1ccc(OCCC(C#N)c2cccc(F)c2)cc1. The molecule has 2 aromatic rings. The molecule has 0 spiro atoms. The van der Waals surface area contributed by atoms with Crippen molar-refractivity contribution < 1.29 is 9.13 Å². The van der Waals surface area contributed by atoms with Crippen LogP contribution >= 0.6 is 0 Å². The summed E-state index contributed by atoms with van der Waals surface area (Å²) in [6, 6.07) is 16.1. The Hall–Kier alpha value is -2.34. The average Bonchev–Trinajstić information content (AvgIpc) is 2.45. The number of hydrogen-bond acceptors (Lipinski definition) is 2. The zero-order valence-electron chi connectivity index (χ0n) is 11.3. The minimum absolute atomic E-state index is 0.317. The largest absolute Gasteiger partial charge is 0.494 e. The van der Waals surface area contributed by atoms with E-state index in [-0.39, 0.29) is 11.7 Å². The van der Waals surface area contributed by atoms with Gasteiger partial charge in [-0.05, 0) is 36.8 Å². The third-order valence-corrected chi connectivity index (χ3v) is 3.10. The lowest BCUT2D eigenvalue weighted by atomic mass is 9.98. The first kappa shape index (κ1) is 14.1. The highest BCUT2D eigenvalue weighted by Gasteiger charge is 2.11. The van der Waals surface area contributed by atoms with Crippen molar-refractivity contribution in [3.63, 3.8) is 0 Å². The van der Waals surface area contributed by atoms with Crippen molar-refractivity contribution >= 4 is 0 Å². The first-order valence-electron chi connectivity index (χ1n) is 6.53. The Morgan fingerprint density at radius 3 is 2.60 bits per heavy atom. The van der Waals surface area contributed by atoms with Gasteiger partial charge in [0.25, 0.3) is 0 Å². The quantitative estimate of drug-likeness (QED) is 0.814. The van der Waals surface area contributed by atoms with Gasteiger partial charge in [-0.2, -0.15) is 5.26 Å². The lowest BCUT2D eigenvalue weighted by Gasteiger charge is -2.11. The van der Waals surface area contributed by atoms with Gasteiger partial charge in [0.1, 0.15) is 11.6 Å². The monoisotopic (exact) mass is 269 g/mol. The summed E-state index contributed by atoms with van der Waals surface area (Å²) in [6.45, 7) is 2.44. The topological polar surface area (TPSA) is 33.0 Å². The molecule has 0 N–H and O–H groups in total. The van der Waals surface area contributed by atoms with Crippen molar-refractivity contribution in [2.75, 3.05) is 6.61 Å². The Balaban J connectivity index is 1.92. The van der Waals surface area contributed by atoms with Gasteiger partial charge in [-0.25, -0.2) is 4.39 Å². The van der Waals surface area contributed by atoms with Crippen LogP contribution in [0.4, 0.5) is 4.39 Å². The molecular formula is C17H16FNO. The van der Waals surface area contributed by atoms with Crippen molar-refractivity contribution in [3.8, 4) is 11.8 Å². The van der Waals surface area contributed by atoms with Crippen LogP contribution in [0.25, 0.3) is 0 Å². The van der Waals surface area contributed by atoms with Gasteiger partial charge in [0.05, 0.1) is 18.6 Å². The summed E-state index contributed by atoms with van der Waals surface area (Å²) in [7, 11) is 0. The molecule has 0 amide bonds. The van der Waals surface area contributed by atoms with E-state index in [4.69, 9.17) is 4.74 Å². The van der Waals surface area contributed by atoms with Crippen LogP contribution in [0, 0.1) is 24.1 Å². The molecule has 0 heterocycles. The van der Waals surface area contributed by atoms with Crippen LogP contribution in [0.2, 0.25) is 0 Å². The second-order valence-electron chi connectivity index (χ2n) is 4.69. The zero-order chi connectivity index (χ0) is 14.4. The van der Waals surface area contributed by atoms with E-state index in [1.54, 1.807) is 12.1 Å². The normalized spacial score (nSPS) is 11.7. The number of nitriles is 1. The van der Waals surface area contributed by atoms with Crippen LogP contribution in [-0.2, 0) is 0 Å². The lowest BCUT2D eigenvalue weighted by Crippen LogP contribution is -2.04. The van der Waals surface area contributed by atoms with E-state index in [2.05, 4.69) is 6.07 Å². The number of benzene rings is 2. The predicted molar refractivity (Wildman–Crippen MR) is 76.0 cm³/mol. The molecule has 0 radical (unpaired) electrons. The molecule has 3 heteroatoms. The Kier molecular flexibility index (Phi) is 4.73. The number of ether oxygens (including phenoxy) is 1. The van der Waals surface area contributed by atoms with Crippen LogP contribution in [-0.4, -0.2) is 6.61 Å². The van der Waals surface area contributed by atoms with E-state index in [1.165, 1.54) is 17.7 Å². The van der Waals surface area contributed by atoms with E-state index < -0.39 is 0 Å². The molecule has 0 saturated carbocycles. The fourth-order valence-electron chi connectivity index (χ4n) is 1.96.